The minimum Gasteiger partial charge on any atom is -0.491 e. The monoisotopic (exact) mass is 397 g/mol. The van der Waals surface area contributed by atoms with E-state index in [0.29, 0.717) is 23.0 Å². The largest absolute Gasteiger partial charge is 0.491 e. The van der Waals surface area contributed by atoms with Gasteiger partial charge in [-0.1, -0.05) is 0 Å². The van der Waals surface area contributed by atoms with Crippen LogP contribution in [0.5, 0.6) is 11.5 Å². The molecule has 6 nitrogen and oxygen atoms in total. The Morgan fingerprint density at radius 2 is 2.14 bits per heavy atom. The fourth-order valence-electron chi connectivity index (χ4n) is 3.15. The molecule has 3 aromatic rings. The quantitative estimate of drug-likeness (QED) is 0.524. The smallest absolute Gasteiger partial charge is 0.183 e. The van der Waals surface area contributed by atoms with Crippen LogP contribution in [0.4, 0.5) is 0 Å². The molecule has 0 aliphatic heterocycles. The third kappa shape index (κ3) is 3.85. The van der Waals surface area contributed by atoms with Gasteiger partial charge in [-0.2, -0.15) is 0 Å². The highest BCUT2D eigenvalue weighted by molar-refractivity contribution is 7.97. The third-order valence-electron chi connectivity index (χ3n) is 4.90. The molecule has 28 heavy (non-hydrogen) atoms. The number of nitrogens with zero attached hydrogens (tertiary/aromatic N) is 3. The fraction of sp³-hybridized carbons (Fsp3) is 0.381. The lowest BCUT2D eigenvalue weighted by molar-refractivity contribution is 0.101. The number of hydrogen-bond acceptors (Lipinski definition) is 6. The number of carbonyl (C=O) groups excluding carboxylic acids is 1. The molecule has 7 heteroatoms. The number of rotatable bonds is 8. The van der Waals surface area contributed by atoms with Crippen LogP contribution in [0.25, 0.3) is 11.0 Å². The summed E-state index contributed by atoms with van der Waals surface area (Å²) in [6, 6.07) is 5.72. The highest BCUT2D eigenvalue weighted by atomic mass is 32.2. The Balaban J connectivity index is 1.55. The van der Waals surface area contributed by atoms with E-state index in [1.54, 1.807) is 38.5 Å². The van der Waals surface area contributed by atoms with Crippen LogP contribution < -0.4 is 9.47 Å². The number of ether oxygens (including phenoxy) is 2. The average Bonchev–Trinajstić information content (AvgIpc) is 3.43. The van der Waals surface area contributed by atoms with Crippen molar-refractivity contribution in [1.82, 2.24) is 13.9 Å². The molecule has 146 valence electrons. The van der Waals surface area contributed by atoms with Crippen LogP contribution in [0, 0.1) is 12.8 Å². The van der Waals surface area contributed by atoms with E-state index in [2.05, 4.69) is 9.97 Å². The molecule has 0 spiro atoms. The number of aryl methyl sites for hydroxylation is 1. The number of aromatic nitrogens is 3. The van der Waals surface area contributed by atoms with E-state index in [-0.39, 0.29) is 5.78 Å². The van der Waals surface area contributed by atoms with Crippen LogP contribution >= 0.6 is 11.9 Å². The van der Waals surface area contributed by atoms with Gasteiger partial charge in [-0.25, -0.2) is 4.98 Å². The van der Waals surface area contributed by atoms with Crippen molar-refractivity contribution in [3.8, 4) is 11.5 Å². The molecule has 1 aliphatic carbocycles. The van der Waals surface area contributed by atoms with Gasteiger partial charge in [-0.05, 0) is 62.3 Å². The van der Waals surface area contributed by atoms with Gasteiger partial charge in [-0.15, -0.1) is 0 Å². The molecule has 0 radical (unpaired) electrons. The van der Waals surface area contributed by atoms with Gasteiger partial charge in [0.15, 0.2) is 17.3 Å². The lowest BCUT2D eigenvalue weighted by atomic mass is 10.0. The number of pyridine rings is 1. The van der Waals surface area contributed by atoms with E-state index in [9.17, 15) is 4.79 Å². The van der Waals surface area contributed by atoms with E-state index in [0.717, 1.165) is 34.6 Å². The number of fused-ring (bicyclic) bond motifs is 1. The molecule has 0 saturated heterocycles. The van der Waals surface area contributed by atoms with Crippen molar-refractivity contribution in [2.75, 3.05) is 13.7 Å². The molecule has 0 N–H and O–H groups in total. The van der Waals surface area contributed by atoms with Gasteiger partial charge < -0.3 is 9.47 Å². The predicted octanol–water partition coefficient (Wildman–Crippen LogP) is 4.44. The number of methoxy groups -OCH3 is 1. The van der Waals surface area contributed by atoms with E-state index >= 15 is 0 Å². The zero-order valence-electron chi connectivity index (χ0n) is 16.3. The van der Waals surface area contributed by atoms with Crippen LogP contribution in [-0.4, -0.2) is 33.4 Å². The average molecular weight is 398 g/mol. The zero-order valence-corrected chi connectivity index (χ0v) is 17.1. The molecule has 1 aromatic carbocycles. The first kappa shape index (κ1) is 18.8. The highest BCUT2D eigenvalue weighted by Crippen LogP contribution is 2.35. The minimum absolute atomic E-state index is 0.0542. The maximum absolute atomic E-state index is 11.8. The van der Waals surface area contributed by atoms with Crippen molar-refractivity contribution in [3.63, 3.8) is 0 Å². The van der Waals surface area contributed by atoms with Gasteiger partial charge in [-0.3, -0.25) is 13.8 Å². The maximum atomic E-state index is 11.8. The summed E-state index contributed by atoms with van der Waals surface area (Å²) < 4.78 is 13.5. The van der Waals surface area contributed by atoms with Gasteiger partial charge >= 0.3 is 0 Å². The Kier molecular flexibility index (Phi) is 5.26. The van der Waals surface area contributed by atoms with Gasteiger partial charge in [0, 0.05) is 17.8 Å². The van der Waals surface area contributed by atoms with E-state index in [4.69, 9.17) is 9.47 Å². The Morgan fingerprint density at radius 1 is 1.32 bits per heavy atom. The summed E-state index contributed by atoms with van der Waals surface area (Å²) in [5.41, 5.74) is 4.29. The molecule has 0 atom stereocenters. The Labute approximate surface area is 168 Å². The molecule has 2 heterocycles. The number of imidazole rings is 1. The molecule has 0 bridgehead atoms. The molecule has 1 aliphatic rings. The topological polar surface area (TPSA) is 66.2 Å². The SMILES string of the molecule is COc1c(OCC2CC2)ccnc1CSn1cnc2cc(C(C)=O)c(C)cc21. The Morgan fingerprint density at radius 3 is 2.86 bits per heavy atom. The van der Waals surface area contributed by atoms with E-state index < -0.39 is 0 Å². The van der Waals surface area contributed by atoms with Crippen molar-refractivity contribution >= 4 is 28.8 Å². The summed E-state index contributed by atoms with van der Waals surface area (Å²) in [4.78, 5) is 20.7. The molecule has 2 aromatic heterocycles. The molecule has 0 amide bonds. The Bertz CT molecular complexity index is 1030. The van der Waals surface area contributed by atoms with E-state index in [1.165, 1.54) is 12.8 Å². The molecule has 1 saturated carbocycles. The summed E-state index contributed by atoms with van der Waals surface area (Å²) in [6.45, 7) is 4.26. The number of ketones is 1. The van der Waals surface area contributed by atoms with E-state index in [1.807, 2.05) is 29.1 Å². The lowest BCUT2D eigenvalue weighted by Crippen LogP contribution is -2.03. The maximum Gasteiger partial charge on any atom is 0.183 e. The first-order chi connectivity index (χ1) is 13.6. The van der Waals surface area contributed by atoms with Crippen molar-refractivity contribution in [3.05, 3.63) is 47.5 Å². The van der Waals surface area contributed by atoms with Crippen molar-refractivity contribution in [1.29, 1.82) is 0 Å². The summed E-state index contributed by atoms with van der Waals surface area (Å²) in [6.07, 6.45) is 6.03. The first-order valence-electron chi connectivity index (χ1n) is 9.33. The molecule has 4 rings (SSSR count). The van der Waals surface area contributed by atoms with Crippen LogP contribution in [-0.2, 0) is 5.75 Å². The van der Waals surface area contributed by atoms with Crippen molar-refractivity contribution in [2.45, 2.75) is 32.4 Å². The second-order valence-electron chi connectivity index (χ2n) is 7.10. The normalized spacial score (nSPS) is 13.7. The molecular weight excluding hydrogens is 374 g/mol. The summed E-state index contributed by atoms with van der Waals surface area (Å²) >= 11 is 1.58. The molecule has 0 unspecified atom stereocenters. The van der Waals surface area contributed by atoms with Crippen LogP contribution in [0.15, 0.2) is 30.7 Å². The lowest BCUT2D eigenvalue weighted by Gasteiger charge is -2.13. The summed E-state index contributed by atoms with van der Waals surface area (Å²) in [5, 5.41) is 0. The number of hydrogen-bond donors (Lipinski definition) is 0. The summed E-state index contributed by atoms with van der Waals surface area (Å²) in [7, 11) is 1.65. The predicted molar refractivity (Wildman–Crippen MR) is 110 cm³/mol. The van der Waals surface area contributed by atoms with Crippen molar-refractivity contribution < 1.29 is 14.3 Å². The zero-order chi connectivity index (χ0) is 19.7. The standard InChI is InChI=1S/C21H23N3O3S/c1-13-8-19-17(9-16(13)14(2)25)23-12-24(19)28-11-18-21(26-3)20(6-7-22-18)27-10-15-4-5-15/h6-9,12,15H,4-5,10-11H2,1-3H3. The van der Waals surface area contributed by atoms with Gasteiger partial charge in [0.1, 0.15) is 6.33 Å². The van der Waals surface area contributed by atoms with Gasteiger partial charge in [0.05, 0.1) is 36.2 Å². The van der Waals surface area contributed by atoms with Crippen LogP contribution in [0.1, 0.15) is 41.4 Å². The second kappa shape index (κ2) is 7.83. The fourth-order valence-corrected chi connectivity index (χ4v) is 4.02. The third-order valence-corrected chi connectivity index (χ3v) is 5.87. The van der Waals surface area contributed by atoms with Crippen molar-refractivity contribution in [2.24, 2.45) is 5.92 Å². The second-order valence-corrected chi connectivity index (χ2v) is 8.04. The number of benzene rings is 1. The number of carbonyl (C=O) groups is 1. The Hall–Kier alpha value is -2.54. The van der Waals surface area contributed by atoms with Gasteiger partial charge in [0.2, 0.25) is 0 Å². The summed E-state index contributed by atoms with van der Waals surface area (Å²) in [5.74, 6) is 2.78. The van der Waals surface area contributed by atoms with Crippen LogP contribution in [0.3, 0.4) is 0 Å². The first-order valence-corrected chi connectivity index (χ1v) is 10.3. The molecule has 1 fully saturated rings. The van der Waals surface area contributed by atoms with Crippen LogP contribution in [0.2, 0.25) is 0 Å². The van der Waals surface area contributed by atoms with Gasteiger partial charge in [0.25, 0.3) is 0 Å². The number of Topliss-reactive ketones (excluding diaryl/α,β-unsaturated/α-hetero) is 1. The minimum atomic E-state index is 0.0542. The molecular formula is C21H23N3O3S. The highest BCUT2D eigenvalue weighted by Gasteiger charge is 2.23.